The first-order valence-corrected chi connectivity index (χ1v) is 7.23. The van der Waals surface area contributed by atoms with Gasteiger partial charge < -0.3 is 20.6 Å². The number of oxime groups is 1. The fourth-order valence-corrected chi connectivity index (χ4v) is 2.69. The van der Waals surface area contributed by atoms with Crippen molar-refractivity contribution in [3.05, 3.63) is 24.3 Å². The van der Waals surface area contributed by atoms with E-state index in [2.05, 4.69) is 34.0 Å². The number of ether oxygens (including phenoxy) is 1. The molecule has 3 N–H and O–H groups in total. The van der Waals surface area contributed by atoms with Crippen molar-refractivity contribution in [2.24, 2.45) is 10.9 Å². The van der Waals surface area contributed by atoms with E-state index >= 15 is 0 Å². The lowest BCUT2D eigenvalue weighted by Gasteiger charge is -2.39. The molecule has 6 nitrogen and oxygen atoms in total. The summed E-state index contributed by atoms with van der Waals surface area (Å²) < 4.78 is 5.18. The lowest BCUT2D eigenvalue weighted by atomic mass is 10.1. The highest BCUT2D eigenvalue weighted by molar-refractivity contribution is 5.80. The molecule has 0 aliphatic carbocycles. The zero-order chi connectivity index (χ0) is 15.2. The third-order valence-electron chi connectivity index (χ3n) is 4.01. The van der Waals surface area contributed by atoms with Crippen LogP contribution in [0.5, 0.6) is 5.75 Å². The van der Waals surface area contributed by atoms with Crippen LogP contribution in [0, 0.1) is 0 Å². The van der Waals surface area contributed by atoms with Gasteiger partial charge in [0.05, 0.1) is 7.11 Å². The van der Waals surface area contributed by atoms with Gasteiger partial charge in [0.1, 0.15) is 11.6 Å². The van der Waals surface area contributed by atoms with Gasteiger partial charge in [0.15, 0.2) is 0 Å². The molecule has 21 heavy (non-hydrogen) atoms. The van der Waals surface area contributed by atoms with Gasteiger partial charge in [-0.3, -0.25) is 4.90 Å². The Morgan fingerprint density at radius 3 is 2.43 bits per heavy atom. The summed E-state index contributed by atoms with van der Waals surface area (Å²) >= 11 is 0. The topological polar surface area (TPSA) is 74.3 Å². The van der Waals surface area contributed by atoms with Crippen molar-refractivity contribution in [2.45, 2.75) is 19.4 Å². The maximum Gasteiger partial charge on any atom is 0.140 e. The Balaban J connectivity index is 1.87. The van der Waals surface area contributed by atoms with Gasteiger partial charge in [-0.05, 0) is 31.2 Å². The van der Waals surface area contributed by atoms with Crippen LogP contribution in [0.3, 0.4) is 0 Å². The van der Waals surface area contributed by atoms with E-state index in [1.54, 1.807) is 7.11 Å². The van der Waals surface area contributed by atoms with Crippen molar-refractivity contribution in [3.63, 3.8) is 0 Å². The van der Waals surface area contributed by atoms with Gasteiger partial charge in [-0.2, -0.15) is 0 Å². The number of hydrogen-bond acceptors (Lipinski definition) is 5. The summed E-state index contributed by atoms with van der Waals surface area (Å²) in [6, 6.07) is 8.45. The molecule has 0 radical (unpaired) electrons. The van der Waals surface area contributed by atoms with Crippen LogP contribution in [-0.2, 0) is 0 Å². The largest absolute Gasteiger partial charge is 0.497 e. The van der Waals surface area contributed by atoms with E-state index in [4.69, 9.17) is 15.7 Å². The Morgan fingerprint density at radius 1 is 1.29 bits per heavy atom. The van der Waals surface area contributed by atoms with Gasteiger partial charge in [-0.15, -0.1) is 0 Å². The predicted molar refractivity (Wildman–Crippen MR) is 84.3 cm³/mol. The Morgan fingerprint density at radius 2 is 1.90 bits per heavy atom. The molecule has 1 saturated heterocycles. The maximum atomic E-state index is 8.64. The number of methoxy groups -OCH3 is 1. The summed E-state index contributed by atoms with van der Waals surface area (Å²) in [6.45, 7) is 6.03. The van der Waals surface area contributed by atoms with Gasteiger partial charge in [-0.25, -0.2) is 0 Å². The molecule has 1 aliphatic heterocycles. The van der Waals surface area contributed by atoms with Crippen LogP contribution in [0.15, 0.2) is 29.4 Å². The molecule has 6 heteroatoms. The highest BCUT2D eigenvalue weighted by Crippen LogP contribution is 2.21. The Hall–Kier alpha value is -1.95. The first-order chi connectivity index (χ1) is 10.1. The molecule has 1 aliphatic rings. The predicted octanol–water partition coefficient (Wildman–Crippen LogP) is 1.34. The molecule has 0 bridgehead atoms. The molecule has 1 atom stereocenters. The molecule has 2 rings (SSSR count). The molecule has 0 spiro atoms. The molecule has 0 amide bonds. The SMILES string of the molecule is COc1ccc(N2CCN(C(C)CC(N)=NO)CC2)cc1. The van der Waals surface area contributed by atoms with Crippen molar-refractivity contribution in [1.82, 2.24) is 4.90 Å². The Bertz CT molecular complexity index is 467. The second-order valence-corrected chi connectivity index (χ2v) is 5.37. The number of amidine groups is 1. The second-order valence-electron chi connectivity index (χ2n) is 5.37. The first kappa shape index (κ1) is 15.4. The summed E-state index contributed by atoms with van der Waals surface area (Å²) in [7, 11) is 1.68. The third kappa shape index (κ3) is 4.01. The molecule has 0 aromatic heterocycles. The van der Waals surface area contributed by atoms with E-state index in [-0.39, 0.29) is 0 Å². The molecule has 1 aromatic carbocycles. The Labute approximate surface area is 125 Å². The standard InChI is InChI=1S/C15H24N4O2/c1-12(11-15(16)17-20)18-7-9-19(10-8-18)13-3-5-14(21-2)6-4-13/h3-6,12,20H,7-11H2,1-2H3,(H2,16,17). The summed E-state index contributed by atoms with van der Waals surface area (Å²) in [6.07, 6.45) is 0.596. The molecular formula is C15H24N4O2. The lowest BCUT2D eigenvalue weighted by molar-refractivity contribution is 0.199. The van der Waals surface area contributed by atoms with Crippen LogP contribution in [0.4, 0.5) is 5.69 Å². The van der Waals surface area contributed by atoms with Crippen molar-refractivity contribution in [3.8, 4) is 5.75 Å². The zero-order valence-corrected chi connectivity index (χ0v) is 12.7. The summed E-state index contributed by atoms with van der Waals surface area (Å²) in [5.41, 5.74) is 6.80. The van der Waals surface area contributed by atoms with Crippen LogP contribution < -0.4 is 15.4 Å². The van der Waals surface area contributed by atoms with E-state index < -0.39 is 0 Å². The monoisotopic (exact) mass is 292 g/mol. The lowest BCUT2D eigenvalue weighted by Crippen LogP contribution is -2.50. The Kier molecular flexibility index (Phi) is 5.27. The van der Waals surface area contributed by atoms with Crippen molar-refractivity contribution in [1.29, 1.82) is 0 Å². The molecule has 1 unspecified atom stereocenters. The summed E-state index contributed by atoms with van der Waals surface area (Å²) in [5, 5.41) is 11.7. The van der Waals surface area contributed by atoms with Crippen LogP contribution in [0.1, 0.15) is 13.3 Å². The number of anilines is 1. The minimum atomic E-state index is 0.291. The van der Waals surface area contributed by atoms with Crippen LogP contribution in [-0.4, -0.2) is 55.3 Å². The van der Waals surface area contributed by atoms with E-state index in [0.29, 0.717) is 18.3 Å². The quantitative estimate of drug-likeness (QED) is 0.371. The van der Waals surface area contributed by atoms with E-state index in [1.165, 1.54) is 5.69 Å². The summed E-state index contributed by atoms with van der Waals surface area (Å²) in [5.74, 6) is 1.17. The van der Waals surface area contributed by atoms with E-state index in [1.807, 2.05) is 12.1 Å². The van der Waals surface area contributed by atoms with Gasteiger partial charge in [0.2, 0.25) is 0 Å². The summed E-state index contributed by atoms with van der Waals surface area (Å²) in [4.78, 5) is 4.74. The fourth-order valence-electron chi connectivity index (χ4n) is 2.69. The number of nitrogens with zero attached hydrogens (tertiary/aromatic N) is 3. The minimum Gasteiger partial charge on any atom is -0.497 e. The molecule has 0 saturated carbocycles. The average Bonchev–Trinajstić information content (AvgIpc) is 2.55. The number of rotatable bonds is 5. The average molecular weight is 292 g/mol. The fraction of sp³-hybridized carbons (Fsp3) is 0.533. The van der Waals surface area contributed by atoms with Crippen LogP contribution in [0.2, 0.25) is 0 Å². The zero-order valence-electron chi connectivity index (χ0n) is 12.7. The second kappa shape index (κ2) is 7.17. The van der Waals surface area contributed by atoms with Crippen molar-refractivity contribution < 1.29 is 9.94 Å². The molecular weight excluding hydrogens is 268 g/mol. The molecule has 1 aromatic rings. The smallest absolute Gasteiger partial charge is 0.140 e. The maximum absolute atomic E-state index is 8.64. The van der Waals surface area contributed by atoms with Gasteiger partial charge in [0.25, 0.3) is 0 Å². The third-order valence-corrected chi connectivity index (χ3v) is 4.01. The van der Waals surface area contributed by atoms with E-state index in [9.17, 15) is 0 Å². The molecule has 1 heterocycles. The van der Waals surface area contributed by atoms with E-state index in [0.717, 1.165) is 31.9 Å². The van der Waals surface area contributed by atoms with Gasteiger partial charge in [0, 0.05) is 44.3 Å². The van der Waals surface area contributed by atoms with Crippen LogP contribution >= 0.6 is 0 Å². The van der Waals surface area contributed by atoms with Gasteiger partial charge >= 0.3 is 0 Å². The molecule has 116 valence electrons. The minimum absolute atomic E-state index is 0.291. The van der Waals surface area contributed by atoms with Crippen molar-refractivity contribution in [2.75, 3.05) is 38.2 Å². The number of nitrogens with two attached hydrogens (primary N) is 1. The highest BCUT2D eigenvalue weighted by Gasteiger charge is 2.21. The number of hydrogen-bond donors (Lipinski definition) is 2. The highest BCUT2D eigenvalue weighted by atomic mass is 16.5. The normalized spacial score (nSPS) is 18.6. The van der Waals surface area contributed by atoms with Gasteiger partial charge in [-0.1, -0.05) is 5.16 Å². The van der Waals surface area contributed by atoms with Crippen LogP contribution in [0.25, 0.3) is 0 Å². The number of benzene rings is 1. The first-order valence-electron chi connectivity index (χ1n) is 7.23. The number of piperazine rings is 1. The van der Waals surface area contributed by atoms with Crippen molar-refractivity contribution >= 4 is 11.5 Å². The molecule has 1 fully saturated rings.